The minimum atomic E-state index is -3.95. The van der Waals surface area contributed by atoms with Crippen LogP contribution in [0, 0.1) is 5.41 Å². The lowest BCUT2D eigenvalue weighted by atomic mass is 9.97. The van der Waals surface area contributed by atoms with Crippen LogP contribution >= 0.6 is 7.60 Å². The van der Waals surface area contributed by atoms with Crippen LogP contribution < -0.4 is 0 Å². The summed E-state index contributed by atoms with van der Waals surface area (Å²) in [6.07, 6.45) is 7.86. The molecule has 3 N–H and O–H groups in total. The molecule has 8 heteroatoms. The fourth-order valence-corrected chi connectivity index (χ4v) is 5.00. The summed E-state index contributed by atoms with van der Waals surface area (Å²) in [6.45, 7) is 1.21. The number of rotatable bonds is 11. The number of carbonyl (C=O) groups excluding carboxylic acids is 1. The van der Waals surface area contributed by atoms with Crippen LogP contribution in [0.3, 0.4) is 0 Å². The molecule has 0 aromatic heterocycles. The van der Waals surface area contributed by atoms with Gasteiger partial charge in [0.15, 0.2) is 0 Å². The monoisotopic (exact) mass is 436 g/mol. The molecule has 2 atom stereocenters. The fourth-order valence-electron chi connectivity index (χ4n) is 4.23. The SMILES string of the molecule is CN1CC(C=CC(O)Cc2ccccc2)N(CCCC2(CCP(=O)(O)O)CC2)C1=O. The Morgan fingerprint density at radius 1 is 1.23 bits per heavy atom. The van der Waals surface area contributed by atoms with E-state index in [0.717, 1.165) is 31.2 Å². The molecular formula is C22H33N2O5P. The van der Waals surface area contributed by atoms with Crippen molar-refractivity contribution in [2.75, 3.05) is 26.3 Å². The van der Waals surface area contributed by atoms with Crippen LogP contribution in [-0.2, 0) is 11.0 Å². The number of likely N-dealkylation sites (N-methyl/N-ethyl adjacent to an activating group) is 1. The molecule has 7 nitrogen and oxygen atoms in total. The van der Waals surface area contributed by atoms with E-state index in [0.29, 0.717) is 25.9 Å². The van der Waals surface area contributed by atoms with Crippen molar-refractivity contribution in [3.63, 3.8) is 0 Å². The first-order chi connectivity index (χ1) is 14.2. The Bertz CT molecular complexity index is 790. The van der Waals surface area contributed by atoms with E-state index in [1.807, 2.05) is 41.3 Å². The van der Waals surface area contributed by atoms with Crippen molar-refractivity contribution in [1.82, 2.24) is 9.80 Å². The lowest BCUT2D eigenvalue weighted by molar-refractivity contribution is 0.192. The number of nitrogens with zero attached hydrogens (tertiary/aromatic N) is 2. The maximum atomic E-state index is 12.5. The molecule has 166 valence electrons. The lowest BCUT2D eigenvalue weighted by Crippen LogP contribution is -2.34. The van der Waals surface area contributed by atoms with E-state index < -0.39 is 13.7 Å². The van der Waals surface area contributed by atoms with Gasteiger partial charge in [0.05, 0.1) is 18.3 Å². The topological polar surface area (TPSA) is 101 Å². The summed E-state index contributed by atoms with van der Waals surface area (Å²) in [5, 5.41) is 10.3. The molecule has 1 saturated carbocycles. The molecule has 1 aliphatic heterocycles. The smallest absolute Gasteiger partial charge is 0.325 e. The molecule has 1 aromatic carbocycles. The van der Waals surface area contributed by atoms with E-state index in [1.165, 1.54) is 0 Å². The molecule has 3 rings (SSSR count). The lowest BCUT2D eigenvalue weighted by Gasteiger charge is -2.23. The van der Waals surface area contributed by atoms with Gasteiger partial charge in [-0.25, -0.2) is 4.79 Å². The molecule has 1 aromatic rings. The number of aliphatic hydroxyl groups is 1. The fraction of sp³-hybridized carbons (Fsp3) is 0.591. The van der Waals surface area contributed by atoms with Gasteiger partial charge in [-0.1, -0.05) is 42.5 Å². The van der Waals surface area contributed by atoms with E-state index in [2.05, 4.69) is 0 Å². The molecule has 30 heavy (non-hydrogen) atoms. The Hall–Kier alpha value is -1.66. The molecule has 0 spiro atoms. The van der Waals surface area contributed by atoms with Gasteiger partial charge in [-0.2, -0.15) is 0 Å². The average molecular weight is 436 g/mol. The zero-order chi connectivity index (χ0) is 21.8. The second-order valence-electron chi connectivity index (χ2n) is 8.81. The molecule has 2 unspecified atom stereocenters. The van der Waals surface area contributed by atoms with Crippen molar-refractivity contribution in [2.24, 2.45) is 5.41 Å². The minimum absolute atomic E-state index is 0.0118. The number of aliphatic hydroxyl groups excluding tert-OH is 1. The van der Waals surface area contributed by atoms with Gasteiger partial charge in [0.2, 0.25) is 0 Å². The van der Waals surface area contributed by atoms with Crippen molar-refractivity contribution >= 4 is 13.6 Å². The van der Waals surface area contributed by atoms with Crippen LogP contribution in [-0.4, -0.2) is 69.2 Å². The molecule has 2 aliphatic rings. The third-order valence-corrected chi connectivity index (χ3v) is 7.08. The summed E-state index contributed by atoms with van der Waals surface area (Å²) < 4.78 is 11.2. The van der Waals surface area contributed by atoms with Crippen molar-refractivity contribution < 1.29 is 24.3 Å². The van der Waals surface area contributed by atoms with Crippen LogP contribution in [0.25, 0.3) is 0 Å². The van der Waals surface area contributed by atoms with Gasteiger partial charge in [-0.05, 0) is 43.1 Å². The zero-order valence-electron chi connectivity index (χ0n) is 17.6. The molecule has 2 fully saturated rings. The Morgan fingerprint density at radius 2 is 1.93 bits per heavy atom. The number of hydrogen-bond donors (Lipinski definition) is 3. The molecule has 0 radical (unpaired) electrons. The first kappa shape index (κ1) is 23.0. The highest BCUT2D eigenvalue weighted by Gasteiger charge is 2.43. The van der Waals surface area contributed by atoms with Gasteiger partial charge in [-0.3, -0.25) is 4.57 Å². The summed E-state index contributed by atoms with van der Waals surface area (Å²) in [7, 11) is -2.17. The number of hydrogen-bond acceptors (Lipinski definition) is 3. The second-order valence-corrected chi connectivity index (χ2v) is 10.6. The second kappa shape index (κ2) is 9.65. The first-order valence-corrected chi connectivity index (χ1v) is 12.4. The molecule has 1 aliphatic carbocycles. The van der Waals surface area contributed by atoms with Crippen molar-refractivity contribution in [3.8, 4) is 0 Å². The predicted molar refractivity (Wildman–Crippen MR) is 116 cm³/mol. The summed E-state index contributed by atoms with van der Waals surface area (Å²) in [5.41, 5.74) is 1.11. The zero-order valence-corrected chi connectivity index (χ0v) is 18.5. The van der Waals surface area contributed by atoms with E-state index in [1.54, 1.807) is 18.0 Å². The van der Waals surface area contributed by atoms with Gasteiger partial charge in [0, 0.05) is 26.6 Å². The van der Waals surface area contributed by atoms with E-state index >= 15 is 0 Å². The summed E-state index contributed by atoms with van der Waals surface area (Å²) in [5.74, 6) is 0. The van der Waals surface area contributed by atoms with Crippen LogP contribution in [0.1, 0.15) is 37.7 Å². The Balaban J connectivity index is 1.50. The quantitative estimate of drug-likeness (QED) is 0.366. The summed E-state index contributed by atoms with van der Waals surface area (Å²) >= 11 is 0. The van der Waals surface area contributed by atoms with Crippen molar-refractivity contribution in [1.29, 1.82) is 0 Å². The summed E-state index contributed by atoms with van der Waals surface area (Å²) in [4.78, 5) is 34.3. The van der Waals surface area contributed by atoms with E-state index in [9.17, 15) is 14.5 Å². The van der Waals surface area contributed by atoms with Gasteiger partial charge < -0.3 is 24.7 Å². The molecule has 2 amide bonds. The largest absolute Gasteiger partial charge is 0.389 e. The molecule has 0 bridgehead atoms. The van der Waals surface area contributed by atoms with Gasteiger partial charge >= 0.3 is 13.6 Å². The maximum Gasteiger partial charge on any atom is 0.325 e. The van der Waals surface area contributed by atoms with Gasteiger partial charge in [0.25, 0.3) is 0 Å². The maximum absolute atomic E-state index is 12.5. The molecule has 1 heterocycles. The molecular weight excluding hydrogens is 403 g/mol. The van der Waals surface area contributed by atoms with Crippen LogP contribution in [0.5, 0.6) is 0 Å². The van der Waals surface area contributed by atoms with E-state index in [-0.39, 0.29) is 23.6 Å². The number of amides is 2. The summed E-state index contributed by atoms with van der Waals surface area (Å²) in [6, 6.07) is 9.73. The van der Waals surface area contributed by atoms with E-state index in [4.69, 9.17) is 9.79 Å². The normalized spacial score (nSPS) is 22.1. The average Bonchev–Trinajstić information content (AvgIpc) is 3.41. The molecule has 1 saturated heterocycles. The third-order valence-electron chi connectivity index (χ3n) is 6.27. The minimum Gasteiger partial charge on any atom is -0.389 e. The van der Waals surface area contributed by atoms with Crippen LogP contribution in [0.4, 0.5) is 4.79 Å². The highest BCUT2D eigenvalue weighted by molar-refractivity contribution is 7.51. The highest BCUT2D eigenvalue weighted by atomic mass is 31.2. The predicted octanol–water partition coefficient (Wildman–Crippen LogP) is 3.01. The van der Waals surface area contributed by atoms with Crippen molar-refractivity contribution in [2.45, 2.75) is 50.7 Å². The Morgan fingerprint density at radius 3 is 2.57 bits per heavy atom. The number of benzene rings is 1. The Kier molecular flexibility index (Phi) is 7.40. The van der Waals surface area contributed by atoms with Gasteiger partial charge in [0.1, 0.15) is 0 Å². The van der Waals surface area contributed by atoms with Gasteiger partial charge in [-0.15, -0.1) is 0 Å². The Labute approximate surface area is 178 Å². The number of carbonyl (C=O) groups is 1. The van der Waals surface area contributed by atoms with Crippen molar-refractivity contribution in [3.05, 3.63) is 48.0 Å². The standard InChI is InChI=1S/C22H33N2O5P/c1-23-17-19(8-9-20(25)16-18-6-3-2-4-7-18)24(21(23)26)14-5-10-22(11-12-22)13-15-30(27,28)29/h2-4,6-9,19-20,25H,5,10-17H2,1H3,(H2,27,28,29). The third kappa shape index (κ3) is 6.67. The number of urea groups is 1. The highest BCUT2D eigenvalue weighted by Crippen LogP contribution is 2.55. The van der Waals surface area contributed by atoms with Crippen LogP contribution in [0.2, 0.25) is 0 Å². The van der Waals surface area contributed by atoms with Crippen LogP contribution in [0.15, 0.2) is 42.5 Å². The first-order valence-electron chi connectivity index (χ1n) is 10.6.